The second kappa shape index (κ2) is 8.64. The number of ether oxygens (including phenoxy) is 2. The lowest BCUT2D eigenvalue weighted by Crippen LogP contribution is -2.14. The molecule has 29 heavy (non-hydrogen) atoms. The molecule has 152 valence electrons. The van der Waals surface area contributed by atoms with Crippen LogP contribution in [0.15, 0.2) is 59.6 Å². The van der Waals surface area contributed by atoms with E-state index in [9.17, 15) is 13.2 Å². The summed E-state index contributed by atoms with van der Waals surface area (Å²) >= 11 is 5.89. The third-order valence-electron chi connectivity index (χ3n) is 4.04. The molecule has 0 saturated heterocycles. The quantitative estimate of drug-likeness (QED) is 0.451. The van der Waals surface area contributed by atoms with Crippen LogP contribution in [0.5, 0.6) is 5.75 Å². The topological polar surface area (TPSA) is 114 Å². The molecule has 10 heteroatoms. The Hall–Kier alpha value is -2.88. The highest BCUT2D eigenvalue weighted by molar-refractivity contribution is 7.89. The third-order valence-corrected chi connectivity index (χ3v) is 5.22. The number of sulfonamides is 1. The van der Waals surface area contributed by atoms with Crippen molar-refractivity contribution in [2.24, 2.45) is 5.14 Å². The van der Waals surface area contributed by atoms with Crippen LogP contribution in [0.2, 0.25) is 5.02 Å². The molecule has 0 aliphatic carbocycles. The van der Waals surface area contributed by atoms with E-state index in [1.165, 1.54) is 30.5 Å². The van der Waals surface area contributed by atoms with Crippen LogP contribution in [0.3, 0.4) is 0 Å². The van der Waals surface area contributed by atoms with Crippen molar-refractivity contribution in [3.05, 3.63) is 71.0 Å². The number of hydrogen-bond acceptors (Lipinski definition) is 6. The molecule has 2 N–H and O–H groups in total. The number of esters is 1. The number of nitrogens with zero attached hydrogens (tertiary/aromatic N) is 2. The molecule has 0 atom stereocenters. The molecule has 2 aromatic carbocycles. The normalized spacial score (nSPS) is 11.3. The summed E-state index contributed by atoms with van der Waals surface area (Å²) in [6.45, 7) is 1.88. The molecule has 0 spiro atoms. The molecular formula is C19H18ClN3O5S. The lowest BCUT2D eigenvalue weighted by atomic mass is 10.2. The van der Waals surface area contributed by atoms with Crippen molar-refractivity contribution in [2.75, 3.05) is 13.2 Å². The monoisotopic (exact) mass is 435 g/mol. The average Bonchev–Trinajstić information content (AvgIpc) is 3.07. The summed E-state index contributed by atoms with van der Waals surface area (Å²) in [7, 11) is -3.75. The number of carbonyl (C=O) groups is 1. The number of nitrogens with two attached hydrogens (primary N) is 1. The van der Waals surface area contributed by atoms with Crippen molar-refractivity contribution >= 4 is 27.6 Å². The summed E-state index contributed by atoms with van der Waals surface area (Å²) in [5.41, 5.74) is 1.76. The Bertz CT molecular complexity index is 1110. The highest BCUT2D eigenvalue weighted by Crippen LogP contribution is 2.18. The van der Waals surface area contributed by atoms with Gasteiger partial charge in [-0.05, 0) is 55.5 Å². The van der Waals surface area contributed by atoms with Crippen LogP contribution in [0.1, 0.15) is 16.1 Å². The van der Waals surface area contributed by atoms with Crippen molar-refractivity contribution in [3.63, 3.8) is 0 Å². The first-order valence-electron chi connectivity index (χ1n) is 8.49. The van der Waals surface area contributed by atoms with Crippen molar-refractivity contribution in [1.29, 1.82) is 0 Å². The molecule has 0 radical (unpaired) electrons. The van der Waals surface area contributed by atoms with E-state index in [1.54, 1.807) is 35.9 Å². The van der Waals surface area contributed by atoms with E-state index in [-0.39, 0.29) is 18.1 Å². The summed E-state index contributed by atoms with van der Waals surface area (Å²) in [4.78, 5) is 12.3. The maximum Gasteiger partial charge on any atom is 0.341 e. The zero-order valence-corrected chi connectivity index (χ0v) is 17.0. The summed E-state index contributed by atoms with van der Waals surface area (Å²) in [6.07, 6.45) is 1.44. The fraction of sp³-hybridized carbons (Fsp3) is 0.158. The molecule has 0 bridgehead atoms. The molecule has 3 rings (SSSR count). The van der Waals surface area contributed by atoms with Crippen LogP contribution in [0.25, 0.3) is 5.69 Å². The highest BCUT2D eigenvalue weighted by Gasteiger charge is 2.16. The van der Waals surface area contributed by atoms with Gasteiger partial charge in [0, 0.05) is 5.02 Å². The van der Waals surface area contributed by atoms with Gasteiger partial charge in [0.2, 0.25) is 10.0 Å². The fourth-order valence-corrected chi connectivity index (χ4v) is 3.19. The van der Waals surface area contributed by atoms with E-state index >= 15 is 0 Å². The van der Waals surface area contributed by atoms with Gasteiger partial charge >= 0.3 is 5.97 Å². The Morgan fingerprint density at radius 3 is 2.38 bits per heavy atom. The van der Waals surface area contributed by atoms with Gasteiger partial charge in [-0.25, -0.2) is 23.0 Å². The zero-order valence-electron chi connectivity index (χ0n) is 15.4. The summed E-state index contributed by atoms with van der Waals surface area (Å²) in [6, 6.07) is 12.7. The molecule has 1 aromatic heterocycles. The fourth-order valence-electron chi connectivity index (χ4n) is 2.55. The number of hydrogen-bond donors (Lipinski definition) is 1. The Balaban J connectivity index is 1.54. The number of carbonyl (C=O) groups excluding carboxylic acids is 1. The highest BCUT2D eigenvalue weighted by atomic mass is 35.5. The zero-order chi connectivity index (χ0) is 21.0. The van der Waals surface area contributed by atoms with E-state index < -0.39 is 16.0 Å². The maximum absolute atomic E-state index is 12.3. The third kappa shape index (κ3) is 5.14. The molecule has 3 aromatic rings. The van der Waals surface area contributed by atoms with Gasteiger partial charge in [0.1, 0.15) is 24.5 Å². The Kier molecular flexibility index (Phi) is 6.21. The summed E-state index contributed by atoms with van der Waals surface area (Å²) < 4.78 is 34.7. The predicted molar refractivity (Wildman–Crippen MR) is 107 cm³/mol. The van der Waals surface area contributed by atoms with E-state index in [4.69, 9.17) is 26.2 Å². The van der Waals surface area contributed by atoms with Crippen molar-refractivity contribution in [3.8, 4) is 11.4 Å². The second-order valence-electron chi connectivity index (χ2n) is 6.03. The Morgan fingerprint density at radius 1 is 1.10 bits per heavy atom. The molecule has 0 amide bonds. The van der Waals surface area contributed by atoms with Crippen LogP contribution in [0.4, 0.5) is 0 Å². The standard InChI is InChI=1S/C19H18ClN3O5S/c1-13-18(12-22-23(13)15-4-2-14(20)3-5-15)19(24)28-11-10-27-16-6-8-17(9-7-16)29(21,25)26/h2-9,12H,10-11H2,1H3,(H2,21,25,26). The average molecular weight is 436 g/mol. The maximum atomic E-state index is 12.3. The van der Waals surface area contributed by atoms with Gasteiger partial charge in [0.15, 0.2) is 0 Å². The van der Waals surface area contributed by atoms with Crippen molar-refractivity contribution in [2.45, 2.75) is 11.8 Å². The van der Waals surface area contributed by atoms with Crippen LogP contribution >= 0.6 is 11.6 Å². The Labute approximate surface area is 172 Å². The van der Waals surface area contributed by atoms with Gasteiger partial charge < -0.3 is 9.47 Å². The smallest absolute Gasteiger partial charge is 0.341 e. The minimum absolute atomic E-state index is 0.00977. The summed E-state index contributed by atoms with van der Waals surface area (Å²) in [5, 5.41) is 9.87. The van der Waals surface area contributed by atoms with Crippen LogP contribution in [-0.2, 0) is 14.8 Å². The molecule has 0 fully saturated rings. The van der Waals surface area contributed by atoms with Gasteiger partial charge in [-0.2, -0.15) is 5.10 Å². The van der Waals surface area contributed by atoms with Gasteiger partial charge in [0.25, 0.3) is 0 Å². The van der Waals surface area contributed by atoms with Gasteiger partial charge in [0.05, 0.1) is 22.5 Å². The largest absolute Gasteiger partial charge is 0.490 e. The van der Waals surface area contributed by atoms with Crippen molar-refractivity contribution in [1.82, 2.24) is 9.78 Å². The predicted octanol–water partition coefficient (Wildman–Crippen LogP) is 2.72. The molecule has 1 heterocycles. The number of rotatable bonds is 7. The van der Waals surface area contributed by atoms with E-state index in [0.29, 0.717) is 22.0 Å². The SMILES string of the molecule is Cc1c(C(=O)OCCOc2ccc(S(N)(=O)=O)cc2)cnn1-c1ccc(Cl)cc1. The second-order valence-corrected chi connectivity index (χ2v) is 8.03. The lowest BCUT2D eigenvalue weighted by molar-refractivity contribution is 0.0449. The Morgan fingerprint density at radius 2 is 1.76 bits per heavy atom. The molecule has 8 nitrogen and oxygen atoms in total. The number of halogens is 1. The van der Waals surface area contributed by atoms with Crippen LogP contribution in [-0.4, -0.2) is 37.4 Å². The van der Waals surface area contributed by atoms with E-state index in [1.807, 2.05) is 0 Å². The first-order chi connectivity index (χ1) is 13.8. The number of aromatic nitrogens is 2. The van der Waals surface area contributed by atoms with Crippen molar-refractivity contribution < 1.29 is 22.7 Å². The first kappa shape index (κ1) is 20.8. The summed E-state index contributed by atoms with van der Waals surface area (Å²) in [5.74, 6) is -0.0870. The number of primary sulfonamides is 1. The van der Waals surface area contributed by atoms with Crippen LogP contribution < -0.4 is 9.88 Å². The molecule has 0 unspecified atom stereocenters. The van der Waals surface area contributed by atoms with Crippen LogP contribution in [0, 0.1) is 6.92 Å². The van der Waals surface area contributed by atoms with Gasteiger partial charge in [-0.15, -0.1) is 0 Å². The minimum atomic E-state index is -3.75. The molecule has 0 aliphatic rings. The molecule has 0 aliphatic heterocycles. The minimum Gasteiger partial charge on any atom is -0.490 e. The van der Waals surface area contributed by atoms with E-state index in [0.717, 1.165) is 5.69 Å². The number of benzene rings is 2. The molecular weight excluding hydrogens is 418 g/mol. The van der Waals surface area contributed by atoms with Gasteiger partial charge in [-0.3, -0.25) is 0 Å². The van der Waals surface area contributed by atoms with Gasteiger partial charge in [-0.1, -0.05) is 11.6 Å². The van der Waals surface area contributed by atoms with E-state index in [2.05, 4.69) is 5.10 Å². The first-order valence-corrected chi connectivity index (χ1v) is 10.4. The molecule has 0 saturated carbocycles. The lowest BCUT2D eigenvalue weighted by Gasteiger charge is -2.08.